The van der Waals surface area contributed by atoms with Gasteiger partial charge in [-0.3, -0.25) is 9.69 Å². The Balaban J connectivity index is 1.40. The molecule has 1 aliphatic carbocycles. The van der Waals surface area contributed by atoms with Crippen LogP contribution in [0.25, 0.3) is 10.9 Å². The minimum atomic E-state index is -0.350. The van der Waals surface area contributed by atoms with Crippen molar-refractivity contribution in [1.29, 1.82) is 0 Å². The Morgan fingerprint density at radius 3 is 2.58 bits per heavy atom. The van der Waals surface area contributed by atoms with Gasteiger partial charge in [0.25, 0.3) is 0 Å². The molecule has 6 nitrogen and oxygen atoms in total. The molecule has 1 saturated heterocycles. The fourth-order valence-corrected chi connectivity index (χ4v) is 7.44. The molecule has 1 aromatic heterocycles. The third-order valence-electron chi connectivity index (χ3n) is 9.42. The molecular weight excluding hydrogens is 481 g/mol. The molecule has 38 heavy (non-hydrogen) atoms. The number of benzene rings is 2. The van der Waals surface area contributed by atoms with Crippen LogP contribution in [-0.4, -0.2) is 58.7 Å². The number of methoxy groups -OCH3 is 1. The van der Waals surface area contributed by atoms with E-state index < -0.39 is 0 Å². The summed E-state index contributed by atoms with van der Waals surface area (Å²) < 4.78 is 21.5. The number of ether oxygens (including phenoxy) is 1. The molecule has 1 saturated carbocycles. The SMILES string of the molecule is COc1ccc2c3c(n(C)c2c1)[C@H](CO)N(C(=O)C1CCCC1)CC31CCN(Cc2cccc(F)c2)CC1. The van der Waals surface area contributed by atoms with Crippen LogP contribution in [-0.2, 0) is 23.8 Å². The van der Waals surface area contributed by atoms with Crippen LogP contribution in [0.3, 0.4) is 0 Å². The third kappa shape index (κ3) is 4.20. The lowest BCUT2D eigenvalue weighted by molar-refractivity contribution is -0.141. The highest BCUT2D eigenvalue weighted by Crippen LogP contribution is 2.51. The van der Waals surface area contributed by atoms with Crippen molar-refractivity contribution in [3.05, 3.63) is 65.1 Å². The van der Waals surface area contributed by atoms with Crippen molar-refractivity contribution >= 4 is 16.8 Å². The Labute approximate surface area is 224 Å². The molecule has 2 fully saturated rings. The normalized spacial score (nSPS) is 21.8. The first kappa shape index (κ1) is 25.4. The zero-order valence-corrected chi connectivity index (χ0v) is 22.5. The number of hydrogen-bond acceptors (Lipinski definition) is 4. The first-order valence-corrected chi connectivity index (χ1v) is 14.0. The van der Waals surface area contributed by atoms with Crippen LogP contribution in [0.2, 0.25) is 0 Å². The lowest BCUT2D eigenvalue weighted by atomic mass is 9.68. The molecule has 0 bridgehead atoms. The van der Waals surface area contributed by atoms with E-state index in [0.29, 0.717) is 6.54 Å². The molecule has 1 N–H and O–H groups in total. The fraction of sp³-hybridized carbons (Fsp3) is 0.516. The summed E-state index contributed by atoms with van der Waals surface area (Å²) in [7, 11) is 3.73. The Hall–Kier alpha value is -2.90. The van der Waals surface area contributed by atoms with Gasteiger partial charge in [-0.2, -0.15) is 0 Å². The van der Waals surface area contributed by atoms with Crippen LogP contribution < -0.4 is 4.74 Å². The number of aromatic nitrogens is 1. The standard InChI is InChI=1S/C31H38FN3O3/c1-33-26-17-24(38-2)10-11-25(26)28-29(33)27(19-36)35(30(37)22-7-3-4-8-22)20-31(28)12-14-34(15-13-31)18-21-6-5-9-23(32)16-21/h5-6,9-11,16-17,22,27,36H,3-4,7-8,12-15,18-20H2,1-2H3/t27-/m0/s1. The molecule has 1 amide bonds. The molecule has 1 spiro atoms. The minimum absolute atomic E-state index is 0.0606. The van der Waals surface area contributed by atoms with Gasteiger partial charge in [0.15, 0.2) is 0 Å². The maximum atomic E-state index is 13.9. The number of carbonyl (C=O) groups excluding carboxylic acids is 1. The maximum absolute atomic E-state index is 13.9. The van der Waals surface area contributed by atoms with E-state index in [-0.39, 0.29) is 35.7 Å². The smallest absolute Gasteiger partial charge is 0.226 e. The van der Waals surface area contributed by atoms with Crippen molar-refractivity contribution < 1.29 is 19.0 Å². The second kappa shape index (κ2) is 10.0. The number of likely N-dealkylation sites (tertiary alicyclic amines) is 1. The summed E-state index contributed by atoms with van der Waals surface area (Å²) in [5.74, 6) is 0.867. The Morgan fingerprint density at radius 2 is 1.89 bits per heavy atom. The van der Waals surface area contributed by atoms with Crippen LogP contribution in [0, 0.1) is 11.7 Å². The predicted molar refractivity (Wildman–Crippen MR) is 146 cm³/mol. The molecule has 3 aliphatic rings. The number of aryl methyl sites for hydroxylation is 1. The molecule has 6 rings (SSSR count). The van der Waals surface area contributed by atoms with E-state index in [2.05, 4.69) is 28.6 Å². The summed E-state index contributed by atoms with van der Waals surface area (Å²) >= 11 is 0. The summed E-state index contributed by atoms with van der Waals surface area (Å²) in [6.07, 6.45) is 5.92. The summed E-state index contributed by atoms with van der Waals surface area (Å²) in [6.45, 7) is 3.01. The van der Waals surface area contributed by atoms with Crippen molar-refractivity contribution in [2.45, 2.75) is 56.5 Å². The van der Waals surface area contributed by atoms with Crippen LogP contribution >= 0.6 is 0 Å². The molecule has 3 aromatic rings. The van der Waals surface area contributed by atoms with Crippen LogP contribution in [0.1, 0.15) is 61.4 Å². The van der Waals surface area contributed by atoms with Crippen LogP contribution in [0.4, 0.5) is 4.39 Å². The zero-order chi connectivity index (χ0) is 26.4. The molecule has 202 valence electrons. The summed E-state index contributed by atoms with van der Waals surface area (Å²) in [5, 5.41) is 11.9. The lowest BCUT2D eigenvalue weighted by Crippen LogP contribution is -2.56. The summed E-state index contributed by atoms with van der Waals surface area (Å²) in [6, 6.07) is 12.7. The second-order valence-electron chi connectivity index (χ2n) is 11.5. The van der Waals surface area contributed by atoms with Crippen molar-refractivity contribution in [2.24, 2.45) is 13.0 Å². The van der Waals surface area contributed by atoms with Gasteiger partial charge in [-0.25, -0.2) is 4.39 Å². The van der Waals surface area contributed by atoms with E-state index in [4.69, 9.17) is 4.74 Å². The predicted octanol–water partition coefficient (Wildman–Crippen LogP) is 4.93. The number of amides is 1. The number of aliphatic hydroxyl groups is 1. The zero-order valence-electron chi connectivity index (χ0n) is 22.5. The highest BCUT2D eigenvalue weighted by Gasteiger charge is 2.50. The van der Waals surface area contributed by atoms with E-state index >= 15 is 0 Å². The van der Waals surface area contributed by atoms with E-state index in [1.165, 1.54) is 17.0 Å². The maximum Gasteiger partial charge on any atom is 0.226 e. The van der Waals surface area contributed by atoms with Crippen molar-refractivity contribution in [3.63, 3.8) is 0 Å². The number of hydrogen-bond donors (Lipinski definition) is 1. The summed E-state index contributed by atoms with van der Waals surface area (Å²) in [4.78, 5) is 18.3. The topological polar surface area (TPSA) is 57.9 Å². The fourth-order valence-electron chi connectivity index (χ4n) is 7.44. The van der Waals surface area contributed by atoms with Gasteiger partial charge in [0.1, 0.15) is 11.6 Å². The van der Waals surface area contributed by atoms with E-state index in [1.54, 1.807) is 19.2 Å². The van der Waals surface area contributed by atoms with Gasteiger partial charge in [-0.15, -0.1) is 0 Å². The number of rotatable bonds is 5. The molecule has 2 aliphatic heterocycles. The van der Waals surface area contributed by atoms with Crippen molar-refractivity contribution in [2.75, 3.05) is 33.4 Å². The lowest BCUT2D eigenvalue weighted by Gasteiger charge is -2.51. The molecule has 2 aromatic carbocycles. The van der Waals surface area contributed by atoms with Gasteiger partial charge in [0.05, 0.1) is 25.3 Å². The Bertz CT molecular complexity index is 1340. The number of carbonyl (C=O) groups is 1. The van der Waals surface area contributed by atoms with Gasteiger partial charge >= 0.3 is 0 Å². The van der Waals surface area contributed by atoms with Crippen LogP contribution in [0.15, 0.2) is 42.5 Å². The molecule has 0 radical (unpaired) electrons. The monoisotopic (exact) mass is 519 g/mol. The third-order valence-corrected chi connectivity index (χ3v) is 9.42. The highest BCUT2D eigenvalue weighted by molar-refractivity contribution is 5.90. The molecule has 7 heteroatoms. The minimum Gasteiger partial charge on any atom is -0.497 e. The van der Waals surface area contributed by atoms with Gasteiger partial charge in [-0.05, 0) is 74.2 Å². The van der Waals surface area contributed by atoms with Gasteiger partial charge in [0, 0.05) is 48.6 Å². The summed E-state index contributed by atoms with van der Waals surface area (Å²) in [5.41, 5.74) is 4.22. The van der Waals surface area contributed by atoms with Crippen LogP contribution in [0.5, 0.6) is 5.75 Å². The van der Waals surface area contributed by atoms with Crippen molar-refractivity contribution in [1.82, 2.24) is 14.4 Å². The number of nitrogens with zero attached hydrogens (tertiary/aromatic N) is 3. The molecule has 3 heterocycles. The molecular formula is C31H38FN3O3. The quantitative estimate of drug-likeness (QED) is 0.520. The average Bonchev–Trinajstić information content (AvgIpc) is 3.57. The molecule has 0 unspecified atom stereocenters. The second-order valence-corrected chi connectivity index (χ2v) is 11.5. The van der Waals surface area contributed by atoms with E-state index in [0.717, 1.165) is 80.7 Å². The largest absolute Gasteiger partial charge is 0.497 e. The first-order valence-electron chi connectivity index (χ1n) is 14.0. The van der Waals surface area contributed by atoms with E-state index in [1.807, 2.05) is 17.0 Å². The highest BCUT2D eigenvalue weighted by atomic mass is 19.1. The Kier molecular flexibility index (Phi) is 6.68. The number of aliphatic hydroxyl groups excluding tert-OH is 1. The number of fused-ring (bicyclic) bond motifs is 4. The van der Waals surface area contributed by atoms with E-state index in [9.17, 15) is 14.3 Å². The van der Waals surface area contributed by atoms with Gasteiger partial charge in [-0.1, -0.05) is 25.0 Å². The van der Waals surface area contributed by atoms with Gasteiger partial charge < -0.3 is 19.3 Å². The molecule has 1 atom stereocenters. The number of halogens is 1. The average molecular weight is 520 g/mol. The van der Waals surface area contributed by atoms with Crippen molar-refractivity contribution in [3.8, 4) is 5.75 Å². The number of piperidine rings is 1. The Morgan fingerprint density at radius 1 is 1.13 bits per heavy atom. The first-order chi connectivity index (χ1) is 18.4. The van der Waals surface area contributed by atoms with Gasteiger partial charge in [0.2, 0.25) is 5.91 Å².